The summed E-state index contributed by atoms with van der Waals surface area (Å²) < 4.78 is 2.08. The van der Waals surface area contributed by atoms with Gasteiger partial charge in [-0.15, -0.1) is 0 Å². The Hall–Kier alpha value is -2.15. The first-order valence-corrected chi connectivity index (χ1v) is 6.63. The van der Waals surface area contributed by atoms with Gasteiger partial charge in [-0.25, -0.2) is 4.98 Å². The van der Waals surface area contributed by atoms with Crippen LogP contribution in [0.3, 0.4) is 0 Å². The molecule has 1 amide bonds. The first-order valence-electron chi connectivity index (χ1n) is 5.83. The highest BCUT2D eigenvalue weighted by molar-refractivity contribution is 9.10. The van der Waals surface area contributed by atoms with Gasteiger partial charge < -0.3 is 15.6 Å². The van der Waals surface area contributed by atoms with E-state index in [2.05, 4.69) is 26.2 Å². The smallest absolute Gasteiger partial charge is 0.251 e. The van der Waals surface area contributed by atoms with E-state index in [1.807, 2.05) is 13.0 Å². The Balaban J connectivity index is 2.13. The maximum atomic E-state index is 11.9. The third-order valence-electron chi connectivity index (χ3n) is 2.62. The van der Waals surface area contributed by atoms with Crippen molar-refractivity contribution in [2.75, 3.05) is 11.1 Å². The van der Waals surface area contributed by atoms with Gasteiger partial charge in [-0.2, -0.15) is 0 Å². The predicted octanol–water partition coefficient (Wildman–Crippen LogP) is 1.54. The molecule has 0 saturated heterocycles. The van der Waals surface area contributed by atoms with Gasteiger partial charge in [0.25, 0.3) is 5.56 Å². The summed E-state index contributed by atoms with van der Waals surface area (Å²) in [6, 6.07) is 4.66. The summed E-state index contributed by atoms with van der Waals surface area (Å²) in [5.41, 5.74) is 6.56. The summed E-state index contributed by atoms with van der Waals surface area (Å²) in [5.74, 6) is 0.130. The first kappa shape index (κ1) is 14.3. The molecule has 2 rings (SSSR count). The van der Waals surface area contributed by atoms with Gasteiger partial charge in [0.2, 0.25) is 5.91 Å². The van der Waals surface area contributed by atoms with E-state index in [-0.39, 0.29) is 18.0 Å². The molecule has 0 unspecified atom stereocenters. The van der Waals surface area contributed by atoms with Crippen LogP contribution in [0.4, 0.5) is 11.5 Å². The molecule has 2 aromatic rings. The number of nitrogens with zero attached hydrogens (tertiary/aromatic N) is 2. The molecular formula is C13H13BrN4O2. The highest BCUT2D eigenvalue weighted by Crippen LogP contribution is 2.16. The van der Waals surface area contributed by atoms with Crippen LogP contribution in [0.1, 0.15) is 5.56 Å². The van der Waals surface area contributed by atoms with Gasteiger partial charge in [-0.1, -0.05) is 0 Å². The lowest BCUT2D eigenvalue weighted by Crippen LogP contribution is -2.27. The number of hydrogen-bond acceptors (Lipinski definition) is 4. The van der Waals surface area contributed by atoms with Crippen LogP contribution in [0.15, 0.2) is 39.9 Å². The molecule has 0 radical (unpaired) electrons. The number of anilines is 2. The van der Waals surface area contributed by atoms with Gasteiger partial charge in [0.1, 0.15) is 12.4 Å². The zero-order valence-electron chi connectivity index (χ0n) is 10.8. The molecule has 6 nitrogen and oxygen atoms in total. The van der Waals surface area contributed by atoms with Crippen LogP contribution in [0, 0.1) is 6.92 Å². The summed E-state index contributed by atoms with van der Waals surface area (Å²) >= 11 is 3.30. The largest absolute Gasteiger partial charge is 0.398 e. The fraction of sp³-hybridized carbons (Fsp3) is 0.154. The monoisotopic (exact) mass is 336 g/mol. The molecule has 0 atom stereocenters. The molecule has 2 heterocycles. The van der Waals surface area contributed by atoms with Crippen molar-refractivity contribution in [1.82, 2.24) is 9.55 Å². The van der Waals surface area contributed by atoms with Gasteiger partial charge in [0.15, 0.2) is 0 Å². The van der Waals surface area contributed by atoms with Crippen molar-refractivity contribution < 1.29 is 4.79 Å². The van der Waals surface area contributed by atoms with Crippen LogP contribution >= 0.6 is 15.9 Å². The highest BCUT2D eigenvalue weighted by atomic mass is 79.9. The van der Waals surface area contributed by atoms with E-state index in [4.69, 9.17) is 5.73 Å². The van der Waals surface area contributed by atoms with Crippen molar-refractivity contribution in [2.45, 2.75) is 13.5 Å². The minimum Gasteiger partial charge on any atom is -0.398 e. The van der Waals surface area contributed by atoms with Gasteiger partial charge in [0.05, 0.1) is 0 Å². The Kier molecular flexibility index (Phi) is 4.19. The second-order valence-corrected chi connectivity index (χ2v) is 5.21. The third-order valence-corrected chi connectivity index (χ3v) is 3.06. The Morgan fingerprint density at radius 2 is 2.25 bits per heavy atom. The Labute approximate surface area is 123 Å². The van der Waals surface area contributed by atoms with Crippen molar-refractivity contribution in [1.29, 1.82) is 0 Å². The Bertz CT molecular complexity index is 712. The molecule has 0 bridgehead atoms. The molecule has 0 saturated carbocycles. The average Bonchev–Trinajstić information content (AvgIpc) is 2.37. The number of carbonyl (C=O) groups excluding carboxylic acids is 1. The van der Waals surface area contributed by atoms with E-state index >= 15 is 0 Å². The molecule has 7 heteroatoms. The van der Waals surface area contributed by atoms with Gasteiger partial charge >= 0.3 is 0 Å². The van der Waals surface area contributed by atoms with E-state index in [1.54, 1.807) is 6.20 Å². The minimum absolute atomic E-state index is 0.110. The standard InChI is InChI=1S/C13H13BrN4O2/c1-8-4-9(14)5-16-13(8)17-11(19)7-18-6-10(15)2-3-12(18)20/h2-6H,7,15H2,1H3,(H,16,17,19). The molecule has 20 heavy (non-hydrogen) atoms. The molecule has 3 N–H and O–H groups in total. The number of aryl methyl sites for hydroxylation is 1. The van der Waals surface area contributed by atoms with Crippen LogP contribution in [0.5, 0.6) is 0 Å². The lowest BCUT2D eigenvalue weighted by molar-refractivity contribution is -0.116. The van der Waals surface area contributed by atoms with E-state index in [9.17, 15) is 9.59 Å². The van der Waals surface area contributed by atoms with Crippen molar-refractivity contribution in [3.8, 4) is 0 Å². The number of aromatic nitrogens is 2. The number of nitrogens with one attached hydrogen (secondary N) is 1. The van der Waals surface area contributed by atoms with Gasteiger partial charge in [-0.3, -0.25) is 9.59 Å². The summed E-state index contributed by atoms with van der Waals surface area (Å²) in [6.45, 7) is 1.72. The van der Waals surface area contributed by atoms with E-state index in [1.165, 1.54) is 22.9 Å². The normalized spacial score (nSPS) is 10.3. The average molecular weight is 337 g/mol. The van der Waals surface area contributed by atoms with Gasteiger partial charge in [0, 0.05) is 28.6 Å². The minimum atomic E-state index is -0.337. The van der Waals surface area contributed by atoms with Crippen LogP contribution in [0.25, 0.3) is 0 Å². The summed E-state index contributed by atoms with van der Waals surface area (Å²) in [7, 11) is 0. The topological polar surface area (TPSA) is 90.0 Å². The Morgan fingerprint density at radius 3 is 2.95 bits per heavy atom. The number of nitrogen functional groups attached to an aromatic ring is 1. The summed E-state index contributed by atoms with van der Waals surface area (Å²) in [4.78, 5) is 27.6. The lowest BCUT2D eigenvalue weighted by Gasteiger charge is -2.09. The molecule has 0 aliphatic heterocycles. The molecule has 2 aromatic heterocycles. The zero-order valence-corrected chi connectivity index (χ0v) is 12.3. The van der Waals surface area contributed by atoms with E-state index < -0.39 is 0 Å². The fourth-order valence-electron chi connectivity index (χ4n) is 1.67. The number of pyridine rings is 2. The molecule has 0 aliphatic carbocycles. The van der Waals surface area contributed by atoms with Crippen molar-refractivity contribution in [3.05, 3.63) is 51.0 Å². The first-order chi connectivity index (χ1) is 9.45. The molecule has 0 spiro atoms. The van der Waals surface area contributed by atoms with Crippen LogP contribution in [0.2, 0.25) is 0 Å². The van der Waals surface area contributed by atoms with Gasteiger partial charge in [-0.05, 0) is 40.5 Å². The highest BCUT2D eigenvalue weighted by Gasteiger charge is 2.08. The van der Waals surface area contributed by atoms with Crippen molar-refractivity contribution in [3.63, 3.8) is 0 Å². The lowest BCUT2D eigenvalue weighted by atomic mass is 10.3. The number of rotatable bonds is 3. The quantitative estimate of drug-likeness (QED) is 0.889. The second-order valence-electron chi connectivity index (χ2n) is 4.30. The van der Waals surface area contributed by atoms with E-state index in [0.29, 0.717) is 11.5 Å². The third kappa shape index (κ3) is 3.45. The molecule has 0 fully saturated rings. The number of amides is 1. The number of halogens is 1. The second kappa shape index (κ2) is 5.87. The summed E-state index contributed by atoms with van der Waals surface area (Å²) in [5, 5.41) is 2.66. The van der Waals surface area contributed by atoms with Crippen LogP contribution < -0.4 is 16.6 Å². The number of nitrogens with two attached hydrogens (primary N) is 1. The zero-order chi connectivity index (χ0) is 14.7. The fourth-order valence-corrected chi connectivity index (χ4v) is 2.12. The molecule has 104 valence electrons. The molecule has 0 aromatic carbocycles. The van der Waals surface area contributed by atoms with Crippen LogP contribution in [-0.2, 0) is 11.3 Å². The predicted molar refractivity (Wildman–Crippen MR) is 80.4 cm³/mol. The maximum absolute atomic E-state index is 11.9. The van der Waals surface area contributed by atoms with E-state index in [0.717, 1.165) is 10.0 Å². The summed E-state index contributed by atoms with van der Waals surface area (Å²) in [6.07, 6.45) is 3.03. The van der Waals surface area contributed by atoms with Crippen molar-refractivity contribution in [2.24, 2.45) is 0 Å². The van der Waals surface area contributed by atoms with Crippen molar-refractivity contribution >= 4 is 33.3 Å². The molecule has 0 aliphatic rings. The SMILES string of the molecule is Cc1cc(Br)cnc1NC(=O)Cn1cc(N)ccc1=O. The Morgan fingerprint density at radius 1 is 1.50 bits per heavy atom. The molecular weight excluding hydrogens is 324 g/mol. The maximum Gasteiger partial charge on any atom is 0.251 e. The number of hydrogen-bond donors (Lipinski definition) is 2. The van der Waals surface area contributed by atoms with Crippen LogP contribution in [-0.4, -0.2) is 15.5 Å². The number of carbonyl (C=O) groups is 1.